The first-order valence-electron chi connectivity index (χ1n) is 8.83. The quantitative estimate of drug-likeness (QED) is 0.753. The fourth-order valence-electron chi connectivity index (χ4n) is 3.50. The normalized spacial score (nSPS) is 14.7. The summed E-state index contributed by atoms with van der Waals surface area (Å²) in [6, 6.07) is 10.5. The Bertz CT molecular complexity index is 712. The Balaban J connectivity index is 1.89. The van der Waals surface area contributed by atoms with Crippen molar-refractivity contribution in [3.05, 3.63) is 47.3 Å². The standard InChI is InChI=1S/C20H26N2OS/c1-4-23-18-10-8-17(9-11-18)22-15(2)14-19(16(22)3)20(24)21-12-6-5-7-13-21/h8-11,14H,4-7,12-13H2,1-3H3. The fourth-order valence-corrected chi connectivity index (χ4v) is 3.89. The van der Waals surface area contributed by atoms with Crippen LogP contribution in [0.3, 0.4) is 0 Å². The molecule has 3 nitrogen and oxygen atoms in total. The summed E-state index contributed by atoms with van der Waals surface area (Å²) in [5.74, 6) is 0.910. The van der Waals surface area contributed by atoms with Crippen molar-refractivity contribution in [1.82, 2.24) is 9.47 Å². The highest BCUT2D eigenvalue weighted by Crippen LogP contribution is 2.25. The fraction of sp³-hybridized carbons (Fsp3) is 0.450. The second-order valence-electron chi connectivity index (χ2n) is 6.40. The zero-order valence-electron chi connectivity index (χ0n) is 14.8. The number of ether oxygens (including phenoxy) is 1. The van der Waals surface area contributed by atoms with E-state index in [1.807, 2.05) is 19.1 Å². The molecule has 0 unspecified atom stereocenters. The Kier molecular flexibility index (Phi) is 5.24. The highest BCUT2D eigenvalue weighted by Gasteiger charge is 2.20. The van der Waals surface area contributed by atoms with E-state index in [1.165, 1.54) is 36.2 Å². The summed E-state index contributed by atoms with van der Waals surface area (Å²) in [7, 11) is 0. The molecule has 0 spiro atoms. The average Bonchev–Trinajstić information content (AvgIpc) is 2.91. The third-order valence-electron chi connectivity index (χ3n) is 4.71. The molecule has 0 N–H and O–H groups in total. The monoisotopic (exact) mass is 342 g/mol. The van der Waals surface area contributed by atoms with Gasteiger partial charge in [0.15, 0.2) is 0 Å². The molecule has 0 amide bonds. The second kappa shape index (κ2) is 7.39. The van der Waals surface area contributed by atoms with E-state index < -0.39 is 0 Å². The predicted octanol–water partition coefficient (Wildman–Crippen LogP) is 4.65. The van der Waals surface area contributed by atoms with Crippen LogP contribution < -0.4 is 4.74 Å². The molecule has 1 aliphatic heterocycles. The minimum absolute atomic E-state index is 0.690. The second-order valence-corrected chi connectivity index (χ2v) is 6.79. The molecule has 2 heterocycles. The van der Waals surface area contributed by atoms with E-state index in [4.69, 9.17) is 17.0 Å². The SMILES string of the molecule is CCOc1ccc(-n2c(C)cc(C(=S)N3CCCCC3)c2C)cc1. The van der Waals surface area contributed by atoms with Crippen LogP contribution in [0.25, 0.3) is 5.69 Å². The van der Waals surface area contributed by atoms with Crippen LogP contribution in [0.2, 0.25) is 0 Å². The first kappa shape index (κ1) is 17.0. The van der Waals surface area contributed by atoms with Crippen molar-refractivity contribution >= 4 is 17.2 Å². The number of thiocarbonyl (C=S) groups is 1. The smallest absolute Gasteiger partial charge is 0.119 e. The number of hydrogen-bond acceptors (Lipinski definition) is 2. The summed E-state index contributed by atoms with van der Waals surface area (Å²) in [4.78, 5) is 3.36. The van der Waals surface area contributed by atoms with E-state index in [9.17, 15) is 0 Å². The van der Waals surface area contributed by atoms with Crippen LogP contribution in [-0.2, 0) is 0 Å². The van der Waals surface area contributed by atoms with Gasteiger partial charge in [-0.15, -0.1) is 0 Å². The number of nitrogens with zero attached hydrogens (tertiary/aromatic N) is 2. The van der Waals surface area contributed by atoms with Gasteiger partial charge in [-0.1, -0.05) is 12.2 Å². The van der Waals surface area contributed by atoms with Crippen LogP contribution in [-0.4, -0.2) is 34.2 Å². The van der Waals surface area contributed by atoms with E-state index in [-0.39, 0.29) is 0 Å². The van der Waals surface area contributed by atoms with E-state index in [0.717, 1.165) is 29.5 Å². The summed E-state index contributed by atoms with van der Waals surface area (Å²) < 4.78 is 7.82. The van der Waals surface area contributed by atoms with Gasteiger partial charge in [0.25, 0.3) is 0 Å². The Labute approximate surface area is 150 Å². The maximum Gasteiger partial charge on any atom is 0.119 e. The lowest BCUT2D eigenvalue weighted by Gasteiger charge is -2.29. The molecule has 24 heavy (non-hydrogen) atoms. The topological polar surface area (TPSA) is 17.4 Å². The highest BCUT2D eigenvalue weighted by molar-refractivity contribution is 7.80. The number of aryl methyl sites for hydroxylation is 1. The summed E-state index contributed by atoms with van der Waals surface area (Å²) in [6.07, 6.45) is 3.82. The number of benzene rings is 1. The van der Waals surface area contributed by atoms with Gasteiger partial charge in [-0.2, -0.15) is 0 Å². The van der Waals surface area contributed by atoms with Crippen molar-refractivity contribution in [2.45, 2.75) is 40.0 Å². The molecule has 1 saturated heterocycles. The molecule has 0 saturated carbocycles. The van der Waals surface area contributed by atoms with Crippen LogP contribution in [0.15, 0.2) is 30.3 Å². The lowest BCUT2D eigenvalue weighted by atomic mass is 10.1. The highest BCUT2D eigenvalue weighted by atomic mass is 32.1. The van der Waals surface area contributed by atoms with Crippen molar-refractivity contribution in [2.24, 2.45) is 0 Å². The molecule has 128 valence electrons. The molecular weight excluding hydrogens is 316 g/mol. The van der Waals surface area contributed by atoms with Crippen LogP contribution in [0.4, 0.5) is 0 Å². The van der Waals surface area contributed by atoms with Gasteiger partial charge in [0, 0.05) is 35.7 Å². The van der Waals surface area contributed by atoms with E-state index in [1.54, 1.807) is 0 Å². The van der Waals surface area contributed by atoms with Crippen LogP contribution in [0.1, 0.15) is 43.1 Å². The Morgan fingerprint density at radius 2 is 1.75 bits per heavy atom. The summed E-state index contributed by atoms with van der Waals surface area (Å²) in [5.41, 5.74) is 4.78. The lowest BCUT2D eigenvalue weighted by Crippen LogP contribution is -2.35. The van der Waals surface area contributed by atoms with Gasteiger partial charge in [0.2, 0.25) is 0 Å². The summed E-state index contributed by atoms with van der Waals surface area (Å²) >= 11 is 5.80. The van der Waals surface area contributed by atoms with Gasteiger partial charge in [0.1, 0.15) is 10.7 Å². The largest absolute Gasteiger partial charge is 0.494 e. The Morgan fingerprint density at radius 3 is 2.38 bits per heavy atom. The minimum Gasteiger partial charge on any atom is -0.494 e. The Hall–Kier alpha value is -1.81. The molecule has 1 fully saturated rings. The van der Waals surface area contributed by atoms with Crippen LogP contribution in [0, 0.1) is 13.8 Å². The van der Waals surface area contributed by atoms with E-state index >= 15 is 0 Å². The zero-order chi connectivity index (χ0) is 17.1. The first-order chi connectivity index (χ1) is 11.6. The predicted molar refractivity (Wildman–Crippen MR) is 104 cm³/mol. The maximum atomic E-state index is 5.80. The molecular formula is C20H26N2OS. The number of rotatable bonds is 4. The van der Waals surface area contributed by atoms with Gasteiger partial charge in [-0.25, -0.2) is 0 Å². The van der Waals surface area contributed by atoms with Gasteiger partial charge in [-0.3, -0.25) is 0 Å². The molecule has 2 aromatic rings. The summed E-state index contributed by atoms with van der Waals surface area (Å²) in [6.45, 7) is 9.18. The van der Waals surface area contributed by atoms with Crippen molar-refractivity contribution in [2.75, 3.05) is 19.7 Å². The summed E-state index contributed by atoms with van der Waals surface area (Å²) in [5, 5.41) is 0. The zero-order valence-corrected chi connectivity index (χ0v) is 15.7. The molecule has 0 bridgehead atoms. The van der Waals surface area contributed by atoms with Crippen LogP contribution in [0.5, 0.6) is 5.75 Å². The molecule has 1 aliphatic rings. The third-order valence-corrected chi connectivity index (χ3v) is 5.19. The van der Waals surface area contributed by atoms with Crippen molar-refractivity contribution in [1.29, 1.82) is 0 Å². The first-order valence-corrected chi connectivity index (χ1v) is 9.24. The number of aromatic nitrogens is 1. The molecule has 4 heteroatoms. The maximum absolute atomic E-state index is 5.80. The van der Waals surface area contributed by atoms with Crippen LogP contribution >= 0.6 is 12.2 Å². The Morgan fingerprint density at radius 1 is 1.08 bits per heavy atom. The van der Waals surface area contributed by atoms with E-state index in [2.05, 4.69) is 41.5 Å². The van der Waals surface area contributed by atoms with Gasteiger partial charge >= 0.3 is 0 Å². The number of piperidine rings is 1. The number of likely N-dealkylation sites (tertiary alicyclic amines) is 1. The van der Waals surface area contributed by atoms with Gasteiger partial charge in [0.05, 0.1) is 6.61 Å². The molecule has 1 aromatic carbocycles. The number of hydrogen-bond donors (Lipinski definition) is 0. The van der Waals surface area contributed by atoms with E-state index in [0.29, 0.717) is 6.61 Å². The third kappa shape index (κ3) is 3.34. The molecule has 0 aliphatic carbocycles. The lowest BCUT2D eigenvalue weighted by molar-refractivity contribution is 0.340. The molecule has 3 rings (SSSR count). The van der Waals surface area contributed by atoms with Gasteiger partial charge < -0.3 is 14.2 Å². The van der Waals surface area contributed by atoms with Crippen molar-refractivity contribution in [3.8, 4) is 11.4 Å². The molecule has 1 aromatic heterocycles. The van der Waals surface area contributed by atoms with Gasteiger partial charge in [-0.05, 0) is 70.4 Å². The minimum atomic E-state index is 0.690. The van der Waals surface area contributed by atoms with Crippen molar-refractivity contribution in [3.63, 3.8) is 0 Å². The molecule has 0 atom stereocenters. The van der Waals surface area contributed by atoms with Crippen molar-refractivity contribution < 1.29 is 4.74 Å². The average molecular weight is 343 g/mol. The molecule has 0 radical (unpaired) electrons.